The fourth-order valence-electron chi connectivity index (χ4n) is 2.88. The van der Waals surface area contributed by atoms with Crippen molar-refractivity contribution in [2.45, 2.75) is 19.4 Å². The van der Waals surface area contributed by atoms with Gasteiger partial charge in [-0.15, -0.1) is 17.0 Å². The molecule has 2 aliphatic rings. The number of rotatable bonds is 1. The topological polar surface area (TPSA) is 26.7 Å². The number of nitrogens with zero attached hydrogens (tertiary/aromatic N) is 2. The second-order valence-corrected chi connectivity index (χ2v) is 17.0. The smallest absolute Gasteiger partial charge is 0.129 e. The van der Waals surface area contributed by atoms with Gasteiger partial charge in [0.25, 0.3) is 0 Å². The van der Waals surface area contributed by atoms with Crippen molar-refractivity contribution < 1.29 is 4.89 Å². The van der Waals surface area contributed by atoms with Gasteiger partial charge < -0.3 is 4.89 Å². The molecule has 0 radical (unpaired) electrons. The first-order chi connectivity index (χ1) is 9.19. The van der Waals surface area contributed by atoms with Gasteiger partial charge in [-0.25, -0.2) is 0 Å². The molecule has 2 rings (SSSR count). The Balaban J connectivity index is 2.33. The molecule has 0 bridgehead atoms. The molecule has 7 heteroatoms. The first-order valence-corrected chi connectivity index (χ1v) is 13.5. The zero-order valence-corrected chi connectivity index (χ0v) is 16.0. The van der Waals surface area contributed by atoms with Crippen LogP contribution in [0, 0.1) is 18.3 Å². The maximum absolute atomic E-state index is 10.2. The van der Waals surface area contributed by atoms with E-state index in [4.69, 9.17) is 18.2 Å². The van der Waals surface area contributed by atoms with Gasteiger partial charge in [-0.05, 0) is 45.1 Å². The third-order valence-corrected chi connectivity index (χ3v) is 15.0. The van der Waals surface area contributed by atoms with Gasteiger partial charge in [0.2, 0.25) is 0 Å². The molecule has 2 saturated heterocycles. The standard InChI is InChI=1S/C13H24N2OP2S2/c1-6-13-7-8-17(5,15(13)4)20-11(2)12-9-14(3)18(16,19)10-12/h1,12-13H,7-10H2,2-5H3,(H,16,19). The molecule has 2 heterocycles. The van der Waals surface area contributed by atoms with Crippen LogP contribution < -0.4 is 0 Å². The predicted molar refractivity (Wildman–Crippen MR) is 98.2 cm³/mol. The minimum atomic E-state index is -2.25. The molecule has 4 unspecified atom stereocenters. The van der Waals surface area contributed by atoms with Gasteiger partial charge in [0, 0.05) is 24.8 Å². The fraction of sp³-hybridized carbons (Fsp3) is 0.769. The molecular formula is C13H24N2OP2S2. The molecule has 0 aromatic carbocycles. The van der Waals surface area contributed by atoms with E-state index >= 15 is 0 Å². The zero-order chi connectivity index (χ0) is 15.1. The van der Waals surface area contributed by atoms with E-state index in [-0.39, 0.29) is 0 Å². The molecule has 0 aromatic rings. The summed E-state index contributed by atoms with van der Waals surface area (Å²) in [5.74, 6) is 3.33. The van der Waals surface area contributed by atoms with Gasteiger partial charge in [-0.3, -0.25) is 9.34 Å². The largest absolute Gasteiger partial charge is 0.354 e. The first-order valence-electron chi connectivity index (χ1n) is 6.81. The van der Waals surface area contributed by atoms with Crippen LogP contribution in [-0.2, 0) is 22.3 Å². The molecule has 20 heavy (non-hydrogen) atoms. The fourth-order valence-corrected chi connectivity index (χ4v) is 12.0. The van der Waals surface area contributed by atoms with Crippen molar-refractivity contribution in [3.05, 3.63) is 0 Å². The SMILES string of the molecule is C#CC1CCP(C)(=S=C(C)C2CN(C)P(O)(=S)C2)N1C. The quantitative estimate of drug-likeness (QED) is 0.444. The van der Waals surface area contributed by atoms with Crippen molar-refractivity contribution >= 4 is 39.8 Å². The van der Waals surface area contributed by atoms with Crippen LogP contribution in [0.3, 0.4) is 0 Å². The van der Waals surface area contributed by atoms with E-state index in [0.29, 0.717) is 12.0 Å². The second kappa shape index (κ2) is 6.01. The summed E-state index contributed by atoms with van der Waals surface area (Å²) < 4.78 is 4.41. The number of terminal acetylenes is 1. The van der Waals surface area contributed by atoms with Gasteiger partial charge in [0.15, 0.2) is 0 Å². The van der Waals surface area contributed by atoms with Gasteiger partial charge in [0.1, 0.15) is 6.42 Å². The van der Waals surface area contributed by atoms with E-state index in [2.05, 4.69) is 31.2 Å². The summed E-state index contributed by atoms with van der Waals surface area (Å²) in [5, 5.41) is 0. The van der Waals surface area contributed by atoms with Crippen molar-refractivity contribution in [1.82, 2.24) is 9.34 Å². The monoisotopic (exact) mass is 350 g/mol. The highest BCUT2D eigenvalue weighted by Gasteiger charge is 2.36. The highest BCUT2D eigenvalue weighted by atomic mass is 32.5. The Hall–Kier alpha value is 0.610. The molecule has 0 spiro atoms. The number of hydrogen-bond donors (Lipinski definition) is 1. The Morgan fingerprint density at radius 1 is 1.50 bits per heavy atom. The van der Waals surface area contributed by atoms with Crippen LogP contribution in [0.2, 0.25) is 0 Å². The average Bonchev–Trinajstić information content (AvgIpc) is 2.79. The van der Waals surface area contributed by atoms with Crippen molar-refractivity contribution in [1.29, 1.82) is 0 Å². The maximum Gasteiger partial charge on any atom is 0.129 e. The minimum Gasteiger partial charge on any atom is -0.354 e. The van der Waals surface area contributed by atoms with E-state index in [1.807, 2.05) is 22.2 Å². The Bertz CT molecular complexity index is 592. The van der Waals surface area contributed by atoms with E-state index < -0.39 is 12.6 Å². The second-order valence-electron chi connectivity index (χ2n) is 5.91. The van der Waals surface area contributed by atoms with Crippen molar-refractivity contribution in [3.63, 3.8) is 0 Å². The van der Waals surface area contributed by atoms with Crippen LogP contribution >= 0.6 is 12.6 Å². The maximum atomic E-state index is 10.2. The van der Waals surface area contributed by atoms with Crippen LogP contribution in [0.25, 0.3) is 0 Å². The summed E-state index contributed by atoms with van der Waals surface area (Å²) in [6.07, 6.45) is 5.26. The Labute approximate surface area is 131 Å². The predicted octanol–water partition coefficient (Wildman–Crippen LogP) is 1.94. The van der Waals surface area contributed by atoms with Crippen molar-refractivity contribution in [3.8, 4) is 12.3 Å². The highest BCUT2D eigenvalue weighted by molar-refractivity contribution is 8.21. The summed E-state index contributed by atoms with van der Waals surface area (Å²) in [5.41, 5.74) is 0. The molecule has 0 aromatic heterocycles. The normalized spacial score (nSPS) is 42.6. The van der Waals surface area contributed by atoms with E-state index in [1.54, 1.807) is 0 Å². The molecule has 0 amide bonds. The molecule has 1 N–H and O–H groups in total. The lowest BCUT2D eigenvalue weighted by molar-refractivity contribution is 0.494. The lowest BCUT2D eigenvalue weighted by Gasteiger charge is -2.24. The first kappa shape index (κ1) is 17.0. The summed E-state index contributed by atoms with van der Waals surface area (Å²) in [6.45, 7) is 5.49. The van der Waals surface area contributed by atoms with Gasteiger partial charge >= 0.3 is 0 Å². The third kappa shape index (κ3) is 3.18. The van der Waals surface area contributed by atoms with Crippen LogP contribution in [0.15, 0.2) is 0 Å². The van der Waals surface area contributed by atoms with Gasteiger partial charge in [0.05, 0.1) is 6.04 Å². The lowest BCUT2D eigenvalue weighted by Crippen LogP contribution is -2.21. The molecule has 2 aliphatic heterocycles. The van der Waals surface area contributed by atoms with Crippen LogP contribution in [0.1, 0.15) is 13.3 Å². The summed E-state index contributed by atoms with van der Waals surface area (Å²) in [6, 6.07) is 0.295. The Morgan fingerprint density at radius 3 is 2.60 bits per heavy atom. The lowest BCUT2D eigenvalue weighted by atomic mass is 10.1. The minimum absolute atomic E-state index is 0.295. The Kier molecular flexibility index (Phi) is 5.10. The van der Waals surface area contributed by atoms with Crippen molar-refractivity contribution in [2.24, 2.45) is 5.92 Å². The van der Waals surface area contributed by atoms with Crippen LogP contribution in [-0.4, -0.2) is 64.8 Å². The highest BCUT2D eigenvalue weighted by Crippen LogP contribution is 2.55. The summed E-state index contributed by atoms with van der Waals surface area (Å²) >= 11 is 5.34. The summed E-state index contributed by atoms with van der Waals surface area (Å²) in [7, 11) is 6.15. The molecule has 3 nitrogen and oxygen atoms in total. The van der Waals surface area contributed by atoms with Gasteiger partial charge in [-0.1, -0.05) is 17.7 Å². The van der Waals surface area contributed by atoms with Gasteiger partial charge in [-0.2, -0.15) is 0 Å². The van der Waals surface area contributed by atoms with Crippen molar-refractivity contribution in [2.75, 3.05) is 39.6 Å². The molecule has 114 valence electrons. The van der Waals surface area contributed by atoms with E-state index in [1.165, 1.54) is 11.0 Å². The third-order valence-electron chi connectivity index (χ3n) is 4.52. The molecule has 2 fully saturated rings. The number of hydrogen-bond acceptors (Lipinski definition) is 1. The van der Waals surface area contributed by atoms with E-state index in [0.717, 1.165) is 19.1 Å². The Morgan fingerprint density at radius 2 is 2.15 bits per heavy atom. The average molecular weight is 350 g/mol. The molecule has 4 atom stereocenters. The van der Waals surface area contributed by atoms with Crippen LogP contribution in [0.4, 0.5) is 0 Å². The summed E-state index contributed by atoms with van der Waals surface area (Å²) in [4.78, 5) is 11.7. The molecule has 0 saturated carbocycles. The van der Waals surface area contributed by atoms with Crippen LogP contribution in [0.5, 0.6) is 0 Å². The molecule has 0 aliphatic carbocycles. The molecular weight excluding hydrogens is 326 g/mol. The zero-order valence-electron chi connectivity index (χ0n) is 12.6. The van der Waals surface area contributed by atoms with E-state index in [9.17, 15) is 4.89 Å².